The van der Waals surface area contributed by atoms with Crippen molar-refractivity contribution in [3.8, 4) is 5.75 Å². The van der Waals surface area contributed by atoms with Crippen molar-refractivity contribution in [1.82, 2.24) is 4.90 Å². The lowest BCUT2D eigenvalue weighted by Gasteiger charge is -2.38. The molecule has 4 rings (SSSR count). The maximum absolute atomic E-state index is 13.8. The number of anilines is 1. The predicted octanol–water partition coefficient (Wildman–Crippen LogP) is 5.14. The Kier molecular flexibility index (Phi) is 7.95. The summed E-state index contributed by atoms with van der Waals surface area (Å²) in [5.41, 5.74) is 8.21. The molecule has 0 spiro atoms. The summed E-state index contributed by atoms with van der Waals surface area (Å²) in [5, 5.41) is 2.84. The highest BCUT2D eigenvalue weighted by molar-refractivity contribution is 6.04. The molecule has 36 heavy (non-hydrogen) atoms. The van der Waals surface area contributed by atoms with Crippen molar-refractivity contribution in [2.45, 2.75) is 44.3 Å². The van der Waals surface area contributed by atoms with E-state index in [2.05, 4.69) is 5.32 Å². The Labute approximate surface area is 209 Å². The molecule has 1 saturated carbocycles. The lowest BCUT2D eigenvalue weighted by atomic mass is 9.89. The van der Waals surface area contributed by atoms with E-state index in [0.29, 0.717) is 17.0 Å². The summed E-state index contributed by atoms with van der Waals surface area (Å²) >= 11 is 0. The number of benzene rings is 3. The molecule has 1 aliphatic carbocycles. The Hall–Kier alpha value is -3.78. The van der Waals surface area contributed by atoms with Crippen LogP contribution in [0, 0.1) is 11.6 Å². The van der Waals surface area contributed by atoms with Crippen LogP contribution in [-0.4, -0.2) is 35.9 Å². The van der Waals surface area contributed by atoms with E-state index < -0.39 is 17.5 Å². The van der Waals surface area contributed by atoms with Gasteiger partial charge in [0.05, 0.1) is 7.11 Å². The van der Waals surface area contributed by atoms with Crippen LogP contribution in [0.5, 0.6) is 5.75 Å². The fourth-order valence-corrected chi connectivity index (χ4v) is 4.55. The number of amides is 2. The molecule has 3 aromatic carbocycles. The van der Waals surface area contributed by atoms with Gasteiger partial charge in [0.2, 0.25) is 0 Å². The summed E-state index contributed by atoms with van der Waals surface area (Å²) in [4.78, 5) is 27.5. The number of nitrogens with zero attached hydrogens (tertiary/aromatic N) is 1. The van der Waals surface area contributed by atoms with Gasteiger partial charge in [0.1, 0.15) is 17.4 Å². The van der Waals surface area contributed by atoms with E-state index in [1.807, 2.05) is 12.1 Å². The molecule has 1 aliphatic rings. The SMILES string of the molecule is COc1ccc(C(=O)Nc2ccc(CN(C(=O)c3cc(F)cc(F)c3)C3CCCCC3N)cc2)cc1. The zero-order chi connectivity index (χ0) is 25.7. The number of rotatable bonds is 7. The minimum absolute atomic E-state index is 0.0475. The Morgan fingerprint density at radius 1 is 0.944 bits per heavy atom. The number of ether oxygens (including phenoxy) is 1. The van der Waals surface area contributed by atoms with Crippen molar-refractivity contribution in [3.05, 3.63) is 95.1 Å². The molecule has 0 saturated heterocycles. The molecule has 0 heterocycles. The lowest BCUT2D eigenvalue weighted by Crippen LogP contribution is -2.51. The van der Waals surface area contributed by atoms with Gasteiger partial charge in [0, 0.05) is 41.5 Å². The van der Waals surface area contributed by atoms with Crippen LogP contribution in [-0.2, 0) is 6.54 Å². The highest BCUT2D eigenvalue weighted by Crippen LogP contribution is 2.26. The third-order valence-corrected chi connectivity index (χ3v) is 6.47. The van der Waals surface area contributed by atoms with E-state index in [9.17, 15) is 18.4 Å². The van der Waals surface area contributed by atoms with Gasteiger partial charge in [-0.15, -0.1) is 0 Å². The first-order chi connectivity index (χ1) is 17.3. The molecule has 3 N–H and O–H groups in total. The second kappa shape index (κ2) is 11.3. The van der Waals surface area contributed by atoms with Gasteiger partial charge in [-0.2, -0.15) is 0 Å². The number of nitrogens with two attached hydrogens (primary N) is 1. The number of hydrogen-bond donors (Lipinski definition) is 2. The normalized spacial score (nSPS) is 17.3. The number of methoxy groups -OCH3 is 1. The van der Waals surface area contributed by atoms with Crippen molar-refractivity contribution in [3.63, 3.8) is 0 Å². The molecule has 0 bridgehead atoms. The molecular formula is C28H29F2N3O3. The standard InChI is InChI=1S/C28H29F2N3O3/c1-36-24-12-8-19(9-13-24)27(34)32-23-10-6-18(7-11-23)17-33(26-5-3-2-4-25(26)31)28(35)20-14-21(29)16-22(30)15-20/h6-16,25-26H,2-5,17,31H2,1H3,(H,32,34). The van der Waals surface area contributed by atoms with E-state index in [0.717, 1.165) is 49.4 Å². The van der Waals surface area contributed by atoms with E-state index in [1.54, 1.807) is 48.4 Å². The molecule has 0 radical (unpaired) electrons. The molecule has 188 valence electrons. The smallest absolute Gasteiger partial charge is 0.255 e. The van der Waals surface area contributed by atoms with Crippen molar-refractivity contribution >= 4 is 17.5 Å². The minimum Gasteiger partial charge on any atom is -0.497 e. The van der Waals surface area contributed by atoms with Gasteiger partial charge in [-0.05, 0) is 66.9 Å². The summed E-state index contributed by atoms with van der Waals surface area (Å²) in [7, 11) is 1.56. The zero-order valence-corrected chi connectivity index (χ0v) is 20.0. The van der Waals surface area contributed by atoms with Gasteiger partial charge in [-0.25, -0.2) is 8.78 Å². The monoisotopic (exact) mass is 493 g/mol. The van der Waals surface area contributed by atoms with Crippen molar-refractivity contribution in [2.75, 3.05) is 12.4 Å². The van der Waals surface area contributed by atoms with Crippen LogP contribution in [0.3, 0.4) is 0 Å². The Balaban J connectivity index is 1.51. The first kappa shape index (κ1) is 25.3. The lowest BCUT2D eigenvalue weighted by molar-refractivity contribution is 0.0582. The summed E-state index contributed by atoms with van der Waals surface area (Å²) in [6.07, 6.45) is 3.41. The van der Waals surface area contributed by atoms with E-state index in [4.69, 9.17) is 10.5 Å². The van der Waals surface area contributed by atoms with Crippen LogP contribution in [0.25, 0.3) is 0 Å². The van der Waals surface area contributed by atoms with Crippen molar-refractivity contribution in [1.29, 1.82) is 0 Å². The summed E-state index contributed by atoms with van der Waals surface area (Å²) in [6.45, 7) is 0.224. The maximum Gasteiger partial charge on any atom is 0.255 e. The number of carbonyl (C=O) groups is 2. The first-order valence-electron chi connectivity index (χ1n) is 11.9. The Morgan fingerprint density at radius 2 is 1.58 bits per heavy atom. The van der Waals surface area contributed by atoms with Crippen LogP contribution < -0.4 is 15.8 Å². The Morgan fingerprint density at radius 3 is 2.19 bits per heavy atom. The topological polar surface area (TPSA) is 84.7 Å². The molecular weight excluding hydrogens is 464 g/mol. The fraction of sp³-hybridized carbons (Fsp3) is 0.286. The quantitative estimate of drug-likeness (QED) is 0.478. The van der Waals surface area contributed by atoms with Crippen molar-refractivity contribution in [2.24, 2.45) is 5.73 Å². The zero-order valence-electron chi connectivity index (χ0n) is 20.0. The molecule has 0 aliphatic heterocycles. The van der Waals surface area contributed by atoms with Crippen LogP contribution in [0.4, 0.5) is 14.5 Å². The van der Waals surface area contributed by atoms with Gasteiger partial charge in [0.25, 0.3) is 11.8 Å². The molecule has 8 heteroatoms. The number of nitrogens with one attached hydrogen (secondary N) is 1. The van der Waals surface area contributed by atoms with Gasteiger partial charge < -0.3 is 20.7 Å². The highest BCUT2D eigenvalue weighted by Gasteiger charge is 2.32. The molecule has 1 fully saturated rings. The summed E-state index contributed by atoms with van der Waals surface area (Å²) < 4.78 is 32.8. The fourth-order valence-electron chi connectivity index (χ4n) is 4.55. The average Bonchev–Trinajstić information content (AvgIpc) is 2.88. The molecule has 2 atom stereocenters. The van der Waals surface area contributed by atoms with Gasteiger partial charge in [0.15, 0.2) is 0 Å². The molecule has 3 aromatic rings. The van der Waals surface area contributed by atoms with Crippen LogP contribution >= 0.6 is 0 Å². The van der Waals surface area contributed by atoms with Crippen LogP contribution in [0.1, 0.15) is 52.0 Å². The largest absolute Gasteiger partial charge is 0.497 e. The maximum atomic E-state index is 13.8. The van der Waals surface area contributed by atoms with Gasteiger partial charge in [-0.3, -0.25) is 9.59 Å². The minimum atomic E-state index is -0.803. The first-order valence-corrected chi connectivity index (χ1v) is 11.9. The third-order valence-electron chi connectivity index (χ3n) is 6.47. The molecule has 6 nitrogen and oxygen atoms in total. The summed E-state index contributed by atoms with van der Waals surface area (Å²) in [6, 6.07) is 16.3. The second-order valence-electron chi connectivity index (χ2n) is 8.99. The number of halogens is 2. The second-order valence-corrected chi connectivity index (χ2v) is 8.99. The molecule has 2 amide bonds. The number of carbonyl (C=O) groups excluding carboxylic acids is 2. The van der Waals surface area contributed by atoms with Crippen LogP contribution in [0.2, 0.25) is 0 Å². The van der Waals surface area contributed by atoms with Gasteiger partial charge >= 0.3 is 0 Å². The third kappa shape index (κ3) is 6.07. The Bertz CT molecular complexity index is 1200. The van der Waals surface area contributed by atoms with Crippen LogP contribution in [0.15, 0.2) is 66.7 Å². The van der Waals surface area contributed by atoms with Crippen molar-refractivity contribution < 1.29 is 23.1 Å². The van der Waals surface area contributed by atoms with E-state index in [-0.39, 0.29) is 30.1 Å². The molecule has 2 unspecified atom stereocenters. The highest BCUT2D eigenvalue weighted by atomic mass is 19.1. The molecule has 0 aromatic heterocycles. The average molecular weight is 494 g/mol. The van der Waals surface area contributed by atoms with E-state index in [1.165, 1.54) is 0 Å². The number of hydrogen-bond acceptors (Lipinski definition) is 4. The predicted molar refractivity (Wildman–Crippen MR) is 134 cm³/mol. The van der Waals surface area contributed by atoms with Gasteiger partial charge in [-0.1, -0.05) is 25.0 Å². The van der Waals surface area contributed by atoms with E-state index >= 15 is 0 Å². The summed E-state index contributed by atoms with van der Waals surface area (Å²) in [5.74, 6) is -1.67.